The summed E-state index contributed by atoms with van der Waals surface area (Å²) < 4.78 is 34.3. The first-order valence-corrected chi connectivity index (χ1v) is 33.4. The molecule has 0 aromatic heterocycles. The predicted molar refractivity (Wildman–Crippen MR) is 332 cm³/mol. The smallest absolute Gasteiger partial charge is 0.306 e. The van der Waals surface area contributed by atoms with Gasteiger partial charge in [0.15, 0.2) is 6.10 Å². The summed E-state index contributed by atoms with van der Waals surface area (Å²) in [6.45, 7) is 4.04. The Morgan fingerprint density at radius 3 is 1.03 bits per heavy atom. The zero-order valence-corrected chi connectivity index (χ0v) is 52.0. The summed E-state index contributed by atoms with van der Waals surface area (Å²) in [7, 11) is 1.16. The molecule has 450 valence electrons. The fourth-order valence-corrected chi connectivity index (χ4v) is 9.49. The minimum absolute atomic E-state index is 0.0337. The first-order valence-electron chi connectivity index (χ1n) is 31.9. The molecule has 0 bridgehead atoms. The number of phosphoric acid groups is 1. The highest BCUT2D eigenvalue weighted by molar-refractivity contribution is 7.45. The highest BCUT2D eigenvalue weighted by Crippen LogP contribution is 2.38. The molecular weight excluding hydrogens is 990 g/mol. The lowest BCUT2D eigenvalue weighted by atomic mass is 10.0. The lowest BCUT2D eigenvalue weighted by molar-refractivity contribution is -0.870. The fourth-order valence-electron chi connectivity index (χ4n) is 8.76. The predicted octanol–water partition coefficient (Wildman–Crippen LogP) is 19.7. The van der Waals surface area contributed by atoms with Crippen molar-refractivity contribution >= 4 is 19.8 Å². The number of carbonyl (C=O) groups is 2. The van der Waals surface area contributed by atoms with Gasteiger partial charge in [-0.05, 0) is 89.9 Å². The van der Waals surface area contributed by atoms with E-state index in [1.54, 1.807) is 0 Å². The van der Waals surface area contributed by atoms with E-state index in [1.807, 2.05) is 21.1 Å². The third kappa shape index (κ3) is 62.1. The first-order chi connectivity index (χ1) is 38.0. The molecule has 0 spiro atoms. The average molecular weight is 1110 g/mol. The van der Waals surface area contributed by atoms with E-state index in [1.165, 1.54) is 148 Å². The first kappa shape index (κ1) is 74.9. The molecule has 10 heteroatoms. The van der Waals surface area contributed by atoms with Crippen molar-refractivity contribution in [1.29, 1.82) is 0 Å². The summed E-state index contributed by atoms with van der Waals surface area (Å²) in [6, 6.07) is 0. The van der Waals surface area contributed by atoms with Crippen LogP contribution in [-0.4, -0.2) is 70.0 Å². The lowest BCUT2D eigenvalue weighted by Gasteiger charge is -2.28. The van der Waals surface area contributed by atoms with Gasteiger partial charge < -0.3 is 27.9 Å². The second kappa shape index (κ2) is 58.6. The third-order valence-electron chi connectivity index (χ3n) is 13.6. The Bertz CT molecular complexity index is 1640. The minimum atomic E-state index is -4.64. The van der Waals surface area contributed by atoms with E-state index < -0.39 is 26.5 Å². The molecule has 78 heavy (non-hydrogen) atoms. The quantitative estimate of drug-likeness (QED) is 0.0195. The van der Waals surface area contributed by atoms with Gasteiger partial charge in [-0.2, -0.15) is 0 Å². The molecule has 9 nitrogen and oxygen atoms in total. The Morgan fingerprint density at radius 2 is 0.692 bits per heavy atom. The number of quaternary nitrogens is 1. The summed E-state index contributed by atoms with van der Waals surface area (Å²) in [6.07, 6.45) is 80.3. The standard InChI is InChI=1S/C68H120NO8P/c1-6-8-10-12-14-16-18-20-22-24-26-28-30-32-34-36-38-40-42-44-46-48-50-52-54-56-58-60-67(70)74-64-66(65-76-78(72,73)75-63-62-69(3,4)5)77-68(71)61-59-57-55-53-51-49-47-45-43-41-39-37-35-33-31-29-27-25-23-21-19-17-15-13-11-9-7-2/h8-11,14-17,20-23,26-29,66H,6-7,12-13,18-19,24-25,30-65H2,1-5H3/b10-8-,11-9-,16-14-,17-15-,22-20-,23-21-,28-26-,29-27-. The van der Waals surface area contributed by atoms with E-state index in [4.69, 9.17) is 18.5 Å². The molecule has 0 saturated carbocycles. The van der Waals surface area contributed by atoms with Gasteiger partial charge in [0, 0.05) is 12.8 Å². The number of carbonyl (C=O) groups excluding carboxylic acids is 2. The van der Waals surface area contributed by atoms with Gasteiger partial charge in [0.25, 0.3) is 7.82 Å². The van der Waals surface area contributed by atoms with Crippen LogP contribution in [0.1, 0.15) is 271 Å². The highest BCUT2D eigenvalue weighted by Gasteiger charge is 2.22. The molecule has 2 atom stereocenters. The molecule has 0 aromatic carbocycles. The van der Waals surface area contributed by atoms with Gasteiger partial charge in [0.05, 0.1) is 27.7 Å². The van der Waals surface area contributed by atoms with E-state index in [0.29, 0.717) is 17.4 Å². The molecular formula is C68H120NO8P. The van der Waals surface area contributed by atoms with E-state index in [2.05, 4.69) is 111 Å². The summed E-state index contributed by atoms with van der Waals surface area (Å²) in [5.41, 5.74) is 0. The highest BCUT2D eigenvalue weighted by atomic mass is 31.2. The molecule has 0 N–H and O–H groups in total. The normalized spacial score (nSPS) is 13.9. The van der Waals surface area contributed by atoms with Gasteiger partial charge in [-0.1, -0.05) is 265 Å². The van der Waals surface area contributed by atoms with Crippen LogP contribution in [0.4, 0.5) is 0 Å². The summed E-state index contributed by atoms with van der Waals surface area (Å²) in [5, 5.41) is 0. The Morgan fingerprint density at radius 1 is 0.397 bits per heavy atom. The van der Waals surface area contributed by atoms with E-state index >= 15 is 0 Å². The van der Waals surface area contributed by atoms with E-state index in [9.17, 15) is 19.0 Å². The number of likely N-dealkylation sites (N-methyl/N-ethyl adjacent to an activating group) is 1. The molecule has 0 heterocycles. The molecule has 0 aliphatic carbocycles. The number of nitrogens with zero attached hydrogens (tertiary/aromatic N) is 1. The number of hydrogen-bond donors (Lipinski definition) is 0. The fraction of sp³-hybridized carbons (Fsp3) is 0.735. The van der Waals surface area contributed by atoms with Crippen molar-refractivity contribution in [3.63, 3.8) is 0 Å². The zero-order valence-electron chi connectivity index (χ0n) is 51.1. The Hall–Kier alpha value is -3.07. The van der Waals surface area contributed by atoms with Gasteiger partial charge in [-0.3, -0.25) is 14.2 Å². The van der Waals surface area contributed by atoms with E-state index in [0.717, 1.165) is 89.9 Å². The second-order valence-corrected chi connectivity index (χ2v) is 23.8. The van der Waals surface area contributed by atoms with Crippen molar-refractivity contribution in [2.75, 3.05) is 47.5 Å². The maximum atomic E-state index is 12.8. The van der Waals surface area contributed by atoms with Crippen molar-refractivity contribution in [2.24, 2.45) is 0 Å². The van der Waals surface area contributed by atoms with Gasteiger partial charge >= 0.3 is 11.9 Å². The van der Waals surface area contributed by atoms with Crippen molar-refractivity contribution in [3.05, 3.63) is 97.2 Å². The molecule has 0 saturated heterocycles. The van der Waals surface area contributed by atoms with E-state index in [-0.39, 0.29) is 32.0 Å². The monoisotopic (exact) mass is 1110 g/mol. The Kier molecular flexibility index (Phi) is 56.3. The maximum absolute atomic E-state index is 12.8. The third-order valence-corrected chi connectivity index (χ3v) is 14.6. The number of esters is 2. The number of rotatable bonds is 58. The van der Waals surface area contributed by atoms with Crippen LogP contribution in [0.5, 0.6) is 0 Å². The second-order valence-electron chi connectivity index (χ2n) is 22.4. The number of unbranched alkanes of at least 4 members (excludes halogenated alkanes) is 28. The molecule has 0 rings (SSSR count). The minimum Gasteiger partial charge on any atom is -0.756 e. The molecule has 2 unspecified atom stereocenters. The van der Waals surface area contributed by atoms with Crippen LogP contribution in [0.2, 0.25) is 0 Å². The Labute approximate surface area is 481 Å². The van der Waals surface area contributed by atoms with Crippen LogP contribution >= 0.6 is 7.82 Å². The van der Waals surface area contributed by atoms with Crippen molar-refractivity contribution < 1.29 is 42.1 Å². The molecule has 0 aliphatic heterocycles. The van der Waals surface area contributed by atoms with Gasteiger partial charge in [-0.15, -0.1) is 0 Å². The largest absolute Gasteiger partial charge is 0.756 e. The Balaban J connectivity index is 4.10. The molecule has 0 aromatic rings. The number of allylic oxidation sites excluding steroid dienone is 16. The van der Waals surface area contributed by atoms with Crippen molar-refractivity contribution in [1.82, 2.24) is 0 Å². The molecule has 0 radical (unpaired) electrons. The number of ether oxygens (including phenoxy) is 2. The molecule has 0 aliphatic rings. The molecule has 0 fully saturated rings. The zero-order chi connectivity index (χ0) is 57.0. The lowest BCUT2D eigenvalue weighted by Crippen LogP contribution is -2.37. The average Bonchev–Trinajstić information content (AvgIpc) is 3.41. The van der Waals surface area contributed by atoms with Crippen LogP contribution in [0.15, 0.2) is 97.2 Å². The summed E-state index contributed by atoms with van der Waals surface area (Å²) >= 11 is 0. The maximum Gasteiger partial charge on any atom is 0.306 e. The van der Waals surface area contributed by atoms with Crippen molar-refractivity contribution in [3.8, 4) is 0 Å². The van der Waals surface area contributed by atoms with Crippen LogP contribution in [-0.2, 0) is 32.7 Å². The number of hydrogen-bond acceptors (Lipinski definition) is 8. The van der Waals surface area contributed by atoms with Crippen LogP contribution in [0.25, 0.3) is 0 Å². The van der Waals surface area contributed by atoms with Crippen LogP contribution < -0.4 is 4.89 Å². The summed E-state index contributed by atoms with van der Waals surface area (Å²) in [4.78, 5) is 38.0. The topological polar surface area (TPSA) is 111 Å². The van der Waals surface area contributed by atoms with Crippen LogP contribution in [0.3, 0.4) is 0 Å². The number of phosphoric ester groups is 1. The SMILES string of the molecule is CC/C=C\C/C=C\C/C=C\C/C=C\CCCCCCCCCCCCCCCCC(=O)OCC(COP(=O)([O-])OCC[N+](C)(C)C)OC(=O)CCCCCCCCCCCCCCCC/C=C\C/C=C\C/C=C\C/C=C\CC. The molecule has 0 amide bonds. The van der Waals surface area contributed by atoms with Gasteiger partial charge in [-0.25, -0.2) is 0 Å². The van der Waals surface area contributed by atoms with Crippen LogP contribution in [0, 0.1) is 0 Å². The van der Waals surface area contributed by atoms with Crippen molar-refractivity contribution in [2.45, 2.75) is 277 Å². The van der Waals surface area contributed by atoms with Gasteiger partial charge in [0.1, 0.15) is 19.8 Å². The summed E-state index contributed by atoms with van der Waals surface area (Å²) in [5.74, 6) is -0.830. The van der Waals surface area contributed by atoms with Gasteiger partial charge in [0.2, 0.25) is 0 Å².